The third-order valence-electron chi connectivity index (χ3n) is 6.52. The van der Waals surface area contributed by atoms with Crippen molar-refractivity contribution >= 4 is 6.09 Å². The van der Waals surface area contributed by atoms with Gasteiger partial charge < -0.3 is 14.6 Å². The maximum atomic E-state index is 14.6. The highest BCUT2D eigenvalue weighted by molar-refractivity contribution is 5.68. The molecule has 1 aromatic heterocycles. The minimum absolute atomic E-state index is 0.0407. The molecule has 2 heterocycles. The Labute approximate surface area is 203 Å². The lowest BCUT2D eigenvalue weighted by atomic mass is 9.77. The van der Waals surface area contributed by atoms with Gasteiger partial charge in [-0.15, -0.1) is 10.2 Å². The Balaban J connectivity index is 1.55. The van der Waals surface area contributed by atoms with Crippen molar-refractivity contribution in [2.24, 2.45) is 0 Å². The van der Waals surface area contributed by atoms with Gasteiger partial charge in [-0.1, -0.05) is 0 Å². The molecule has 3 atom stereocenters. The molecule has 1 fully saturated rings. The molecule has 13 heteroatoms. The van der Waals surface area contributed by atoms with Gasteiger partial charge in [-0.2, -0.15) is 13.2 Å². The topological polar surface area (TPSA) is 72.3 Å². The molecule has 1 saturated carbocycles. The fraction of sp³-hybridized carbons (Fsp3) is 0.609. The maximum absolute atomic E-state index is 14.6. The predicted octanol–water partition coefficient (Wildman–Crippen LogP) is 4.76. The summed E-state index contributed by atoms with van der Waals surface area (Å²) in [6, 6.07) is 0.413. The quantitative estimate of drug-likeness (QED) is 0.468. The lowest BCUT2D eigenvalue weighted by Crippen LogP contribution is -2.51. The number of nitrogens with one attached hydrogen (secondary N) is 1. The number of benzene rings is 1. The molecule has 2 aromatic rings. The summed E-state index contributed by atoms with van der Waals surface area (Å²) in [4.78, 5) is 14.5. The highest BCUT2D eigenvalue weighted by atomic mass is 19.4. The van der Waals surface area contributed by atoms with Crippen LogP contribution in [0.15, 0.2) is 12.1 Å². The Hall–Kier alpha value is -2.83. The number of ether oxygens (including phenoxy) is 1. The van der Waals surface area contributed by atoms with E-state index < -0.39 is 53.1 Å². The van der Waals surface area contributed by atoms with Crippen LogP contribution in [0.4, 0.5) is 31.1 Å². The zero-order valence-corrected chi connectivity index (χ0v) is 20.0. The van der Waals surface area contributed by atoms with Gasteiger partial charge in [0.05, 0.1) is 6.54 Å². The van der Waals surface area contributed by atoms with Crippen molar-refractivity contribution in [2.75, 3.05) is 6.54 Å². The summed E-state index contributed by atoms with van der Waals surface area (Å²) in [5, 5.41) is 9.74. The van der Waals surface area contributed by atoms with Crippen LogP contribution in [0.3, 0.4) is 0 Å². The van der Waals surface area contributed by atoms with Gasteiger partial charge in [-0.25, -0.2) is 18.0 Å². The van der Waals surface area contributed by atoms with E-state index in [1.807, 2.05) is 4.90 Å². The molecule has 0 spiro atoms. The van der Waals surface area contributed by atoms with E-state index in [1.165, 1.54) is 0 Å². The highest BCUT2D eigenvalue weighted by Crippen LogP contribution is 2.38. The number of nitrogens with zero attached hydrogens (tertiary/aromatic N) is 4. The molecule has 0 bridgehead atoms. The third-order valence-corrected chi connectivity index (χ3v) is 6.52. The first kappa shape index (κ1) is 26.2. The van der Waals surface area contributed by atoms with Crippen molar-refractivity contribution in [3.05, 3.63) is 46.8 Å². The second kappa shape index (κ2) is 9.56. The molecule has 0 saturated heterocycles. The molecule has 4 rings (SSSR count). The number of fused-ring (bicyclic) bond motifs is 1. The van der Waals surface area contributed by atoms with Crippen LogP contribution in [0, 0.1) is 17.5 Å². The zero-order valence-electron chi connectivity index (χ0n) is 20.0. The van der Waals surface area contributed by atoms with Crippen LogP contribution in [0.2, 0.25) is 0 Å². The van der Waals surface area contributed by atoms with Crippen LogP contribution in [0.1, 0.15) is 63.2 Å². The van der Waals surface area contributed by atoms with E-state index in [9.17, 15) is 31.1 Å². The standard InChI is InChI=1S/C23H27F6N5O2/c1-22(2,3)36-21(35)30-18-8-12(4-5-13(18)14-9-16(25)17(26)10-15(14)24)33-6-7-34-19(11-33)31-32-20(34)23(27,28)29/h9-10,12-13,18H,4-8,11H2,1-3H3,(H,30,35)/t12-,13+,18-/m0/s1. The van der Waals surface area contributed by atoms with E-state index in [1.54, 1.807) is 20.8 Å². The van der Waals surface area contributed by atoms with E-state index in [0.717, 1.165) is 10.6 Å². The average molecular weight is 519 g/mol. The maximum Gasteiger partial charge on any atom is 0.451 e. The average Bonchev–Trinajstić information content (AvgIpc) is 3.19. The van der Waals surface area contributed by atoms with E-state index in [2.05, 4.69) is 15.5 Å². The van der Waals surface area contributed by atoms with Crippen LogP contribution in [-0.4, -0.2) is 50.0 Å². The van der Waals surface area contributed by atoms with Gasteiger partial charge in [-0.05, 0) is 51.7 Å². The summed E-state index contributed by atoms with van der Waals surface area (Å²) in [7, 11) is 0. The van der Waals surface area contributed by atoms with Gasteiger partial charge in [-0.3, -0.25) is 4.90 Å². The van der Waals surface area contributed by atoms with Crippen LogP contribution < -0.4 is 5.32 Å². The SMILES string of the molecule is CC(C)(C)OC(=O)N[C@H]1C[C@@H](N2CCn3c(nnc3C(F)(F)F)C2)CC[C@@H]1c1cc(F)c(F)cc1F. The number of alkyl carbamates (subject to hydrolysis) is 1. The third kappa shape index (κ3) is 5.60. The molecule has 198 valence electrons. The van der Waals surface area contributed by atoms with Crippen molar-refractivity contribution in [1.29, 1.82) is 0 Å². The normalized spacial score (nSPS) is 23.3. The van der Waals surface area contributed by atoms with Gasteiger partial charge >= 0.3 is 12.3 Å². The molecule has 1 N–H and O–H groups in total. The Kier molecular flexibility index (Phi) is 6.97. The summed E-state index contributed by atoms with van der Waals surface area (Å²) in [5.41, 5.74) is -0.852. The molecule has 36 heavy (non-hydrogen) atoms. The largest absolute Gasteiger partial charge is 0.451 e. The van der Waals surface area contributed by atoms with E-state index in [4.69, 9.17) is 4.74 Å². The van der Waals surface area contributed by atoms with Crippen LogP contribution in [0.5, 0.6) is 0 Å². The molecule has 1 amide bonds. The van der Waals surface area contributed by atoms with Gasteiger partial charge in [0, 0.05) is 37.2 Å². The highest BCUT2D eigenvalue weighted by Gasteiger charge is 2.42. The van der Waals surface area contributed by atoms with E-state index in [0.29, 0.717) is 31.9 Å². The monoisotopic (exact) mass is 519 g/mol. The number of halogens is 6. The fourth-order valence-electron chi connectivity index (χ4n) is 4.99. The van der Waals surface area contributed by atoms with E-state index >= 15 is 0 Å². The Morgan fingerprint density at radius 2 is 1.72 bits per heavy atom. The number of carbonyl (C=O) groups excluding carboxylic acids is 1. The first-order valence-electron chi connectivity index (χ1n) is 11.6. The van der Waals surface area contributed by atoms with Crippen LogP contribution >= 0.6 is 0 Å². The van der Waals surface area contributed by atoms with Crippen molar-refractivity contribution in [1.82, 2.24) is 25.0 Å². The molecule has 2 aliphatic rings. The van der Waals surface area contributed by atoms with Gasteiger partial charge in [0.1, 0.15) is 17.2 Å². The summed E-state index contributed by atoms with van der Waals surface area (Å²) < 4.78 is 88.0. The second-order valence-corrected chi connectivity index (χ2v) is 10.2. The molecule has 1 aliphatic heterocycles. The number of aromatic nitrogens is 3. The predicted molar refractivity (Wildman–Crippen MR) is 115 cm³/mol. The Morgan fingerprint density at radius 1 is 1.03 bits per heavy atom. The minimum atomic E-state index is -4.61. The zero-order chi connectivity index (χ0) is 26.4. The number of carbonyl (C=O) groups is 1. The molecule has 0 radical (unpaired) electrons. The van der Waals surface area contributed by atoms with E-state index in [-0.39, 0.29) is 30.5 Å². The number of hydrogen-bond donors (Lipinski definition) is 1. The molecule has 0 unspecified atom stereocenters. The van der Waals surface area contributed by atoms with Crippen molar-refractivity contribution in [3.8, 4) is 0 Å². The molecular formula is C23H27F6N5O2. The van der Waals surface area contributed by atoms with Crippen LogP contribution in [0.25, 0.3) is 0 Å². The molecule has 1 aliphatic carbocycles. The first-order valence-corrected chi connectivity index (χ1v) is 11.6. The smallest absolute Gasteiger partial charge is 0.444 e. The van der Waals surface area contributed by atoms with Crippen molar-refractivity contribution in [3.63, 3.8) is 0 Å². The molecule has 7 nitrogen and oxygen atoms in total. The second-order valence-electron chi connectivity index (χ2n) is 10.2. The van der Waals surface area contributed by atoms with Crippen LogP contribution in [-0.2, 0) is 24.0 Å². The summed E-state index contributed by atoms with van der Waals surface area (Å²) >= 11 is 0. The minimum Gasteiger partial charge on any atom is -0.444 e. The van der Waals surface area contributed by atoms with Gasteiger partial charge in [0.25, 0.3) is 0 Å². The number of rotatable bonds is 3. The number of alkyl halides is 3. The Morgan fingerprint density at radius 3 is 2.39 bits per heavy atom. The van der Waals surface area contributed by atoms with Gasteiger partial charge in [0.2, 0.25) is 5.82 Å². The molecular weight excluding hydrogens is 492 g/mol. The van der Waals surface area contributed by atoms with Crippen molar-refractivity contribution in [2.45, 2.75) is 82.9 Å². The number of amides is 1. The van der Waals surface area contributed by atoms with Crippen molar-refractivity contribution < 1.29 is 35.9 Å². The fourth-order valence-corrected chi connectivity index (χ4v) is 4.99. The van der Waals surface area contributed by atoms with Gasteiger partial charge in [0.15, 0.2) is 11.6 Å². The number of hydrogen-bond acceptors (Lipinski definition) is 5. The molecule has 1 aromatic carbocycles. The first-order chi connectivity index (χ1) is 16.7. The Bertz CT molecular complexity index is 1130. The summed E-state index contributed by atoms with van der Waals surface area (Å²) in [6.45, 7) is 5.50. The lowest BCUT2D eigenvalue weighted by molar-refractivity contribution is -0.148. The lowest BCUT2D eigenvalue weighted by Gasteiger charge is -2.43. The summed E-state index contributed by atoms with van der Waals surface area (Å²) in [6.07, 6.45) is -4.24. The summed E-state index contributed by atoms with van der Waals surface area (Å²) in [5.74, 6) is -4.94.